The van der Waals surface area contributed by atoms with Gasteiger partial charge in [-0.25, -0.2) is 0 Å². The Bertz CT molecular complexity index is 2780. The molecule has 1 nitrogen and oxygen atoms in total. The summed E-state index contributed by atoms with van der Waals surface area (Å²) in [6.07, 6.45) is 24.7. The molecule has 5 aromatic carbocycles. The summed E-state index contributed by atoms with van der Waals surface area (Å²) in [5.74, 6) is 0. The molecule has 0 amide bonds. The summed E-state index contributed by atoms with van der Waals surface area (Å²) in [7, 11) is 0. The van der Waals surface area contributed by atoms with E-state index in [0.717, 1.165) is 41.9 Å². The van der Waals surface area contributed by atoms with Crippen LogP contribution in [0, 0.1) is 0 Å². The van der Waals surface area contributed by atoms with Crippen molar-refractivity contribution >= 4 is 34.2 Å². The number of fused-ring (bicyclic) bond motifs is 9. The SMILES string of the molecule is C=C1C2=C(/C=C\Cc3ccccc31)c1ccc(N(C(/C=C\C)=C/C=C/c3ccccc3)c3ccc4c(c3)C(C)(C)c3ccc5c(c3-4)CC3=C5C=CCC3)cc1C2(C)C.CC.CC. The molecular formula is C61H63N. The monoisotopic (exact) mass is 809 g/mol. The lowest BCUT2D eigenvalue weighted by Gasteiger charge is -2.31. The molecule has 0 spiro atoms. The predicted octanol–water partition coefficient (Wildman–Crippen LogP) is 16.9. The molecular weight excluding hydrogens is 747 g/mol. The summed E-state index contributed by atoms with van der Waals surface area (Å²) < 4.78 is 0. The topological polar surface area (TPSA) is 3.24 Å². The van der Waals surface area contributed by atoms with Crippen LogP contribution in [0.2, 0.25) is 0 Å². The summed E-state index contributed by atoms with van der Waals surface area (Å²) in [4.78, 5) is 2.47. The molecule has 0 N–H and O–H groups in total. The van der Waals surface area contributed by atoms with Gasteiger partial charge in [0.25, 0.3) is 0 Å². The summed E-state index contributed by atoms with van der Waals surface area (Å²) >= 11 is 0. The fraction of sp³-hybridized carbons (Fsp3) is 0.246. The van der Waals surface area contributed by atoms with Gasteiger partial charge in [0.15, 0.2) is 0 Å². The minimum atomic E-state index is -0.250. The zero-order chi connectivity index (χ0) is 43.8. The first-order valence-corrected chi connectivity index (χ1v) is 23.1. The molecule has 5 aliphatic carbocycles. The molecule has 0 aromatic heterocycles. The van der Waals surface area contributed by atoms with Crippen LogP contribution >= 0.6 is 0 Å². The number of benzene rings is 5. The van der Waals surface area contributed by atoms with Gasteiger partial charge in [0, 0.05) is 27.9 Å². The molecule has 5 aliphatic rings. The van der Waals surface area contributed by atoms with E-state index in [9.17, 15) is 0 Å². The van der Waals surface area contributed by atoms with Crippen LogP contribution in [0.25, 0.3) is 33.9 Å². The fourth-order valence-electron chi connectivity index (χ4n) is 10.7. The molecule has 0 bridgehead atoms. The van der Waals surface area contributed by atoms with Crippen LogP contribution < -0.4 is 4.90 Å². The van der Waals surface area contributed by atoms with E-state index in [0.29, 0.717) is 0 Å². The molecule has 1 heteroatoms. The van der Waals surface area contributed by atoms with E-state index >= 15 is 0 Å². The Labute approximate surface area is 372 Å². The van der Waals surface area contributed by atoms with Gasteiger partial charge in [-0.2, -0.15) is 0 Å². The molecule has 10 rings (SSSR count). The van der Waals surface area contributed by atoms with Gasteiger partial charge in [0.1, 0.15) is 0 Å². The van der Waals surface area contributed by atoms with Crippen molar-refractivity contribution in [2.75, 3.05) is 4.90 Å². The van der Waals surface area contributed by atoms with Gasteiger partial charge in [-0.05, 0) is 153 Å². The van der Waals surface area contributed by atoms with Crippen molar-refractivity contribution in [3.8, 4) is 11.1 Å². The fourth-order valence-corrected chi connectivity index (χ4v) is 10.7. The Morgan fingerprint density at radius 1 is 0.661 bits per heavy atom. The van der Waals surface area contributed by atoms with E-state index in [1.165, 1.54) is 84.3 Å². The third kappa shape index (κ3) is 7.06. The highest BCUT2D eigenvalue weighted by Gasteiger charge is 2.41. The maximum atomic E-state index is 4.77. The van der Waals surface area contributed by atoms with Crippen molar-refractivity contribution in [1.29, 1.82) is 0 Å². The van der Waals surface area contributed by atoms with Gasteiger partial charge >= 0.3 is 0 Å². The van der Waals surface area contributed by atoms with Gasteiger partial charge in [-0.15, -0.1) is 0 Å². The first-order valence-electron chi connectivity index (χ1n) is 23.1. The summed E-state index contributed by atoms with van der Waals surface area (Å²) in [6.45, 7) is 24.5. The Morgan fingerprint density at radius 2 is 1.32 bits per heavy atom. The quantitative estimate of drug-likeness (QED) is 0.154. The normalized spacial score (nSPS) is 17.7. The van der Waals surface area contributed by atoms with Gasteiger partial charge in [-0.3, -0.25) is 0 Å². The van der Waals surface area contributed by atoms with Gasteiger partial charge in [0.05, 0.1) is 0 Å². The van der Waals surface area contributed by atoms with Crippen LogP contribution in [0.15, 0.2) is 175 Å². The Kier molecular flexibility index (Phi) is 11.9. The largest absolute Gasteiger partial charge is 0.310 e. The standard InChI is InChI=1S/C57H51N.2C2H6/c1-7-17-41(24-15-20-38-18-9-8-10-19-38)58(42-28-30-47-48-27-16-23-39-21-11-13-25-44(39)37(2)55(48)57(5,6)52(47)35-42)43-29-31-49-53(36-43)56(3,4)51-33-32-46-45-26-14-12-22-40(45)34-50(46)54(49)51;2*1-2/h7-11,13-21,24-33,35-36H,2,12,22-23,34H2,1,3-6H3;2*1-2H3/b17-7-,20-15+,27-16-,41-24+;;. The third-order valence-electron chi connectivity index (χ3n) is 13.5. The van der Waals surface area contributed by atoms with Crippen molar-refractivity contribution in [2.45, 2.75) is 98.8 Å². The van der Waals surface area contributed by atoms with Crippen molar-refractivity contribution < 1.29 is 0 Å². The first-order chi connectivity index (χ1) is 30.2. The third-order valence-corrected chi connectivity index (χ3v) is 13.5. The van der Waals surface area contributed by atoms with Crippen LogP contribution in [0.4, 0.5) is 11.4 Å². The second-order valence-corrected chi connectivity index (χ2v) is 17.6. The van der Waals surface area contributed by atoms with E-state index < -0.39 is 0 Å². The highest BCUT2D eigenvalue weighted by molar-refractivity contribution is 6.00. The number of hydrogen-bond acceptors (Lipinski definition) is 1. The molecule has 62 heavy (non-hydrogen) atoms. The molecule has 0 saturated carbocycles. The van der Waals surface area contributed by atoms with Crippen LogP contribution in [0.1, 0.15) is 125 Å². The summed E-state index contributed by atoms with van der Waals surface area (Å²) in [6, 6.07) is 38.6. The van der Waals surface area contributed by atoms with Crippen molar-refractivity contribution in [2.24, 2.45) is 0 Å². The number of anilines is 2. The molecule has 0 radical (unpaired) electrons. The summed E-state index contributed by atoms with van der Waals surface area (Å²) in [5, 5.41) is 0. The lowest BCUT2D eigenvalue weighted by molar-refractivity contribution is 0.658. The van der Waals surface area contributed by atoms with E-state index in [1.54, 1.807) is 5.57 Å². The van der Waals surface area contributed by atoms with E-state index in [4.69, 9.17) is 6.58 Å². The molecule has 0 unspecified atom stereocenters. The van der Waals surface area contributed by atoms with E-state index in [-0.39, 0.29) is 10.8 Å². The number of allylic oxidation sites excluding steroid dienone is 13. The van der Waals surface area contributed by atoms with Gasteiger partial charge < -0.3 is 4.90 Å². The minimum absolute atomic E-state index is 0.138. The zero-order valence-electron chi connectivity index (χ0n) is 38.5. The lowest BCUT2D eigenvalue weighted by atomic mass is 9.75. The lowest BCUT2D eigenvalue weighted by Crippen LogP contribution is -2.21. The highest BCUT2D eigenvalue weighted by atomic mass is 15.1. The van der Waals surface area contributed by atoms with Crippen LogP contribution in [-0.4, -0.2) is 0 Å². The van der Waals surface area contributed by atoms with Crippen LogP contribution in [0.3, 0.4) is 0 Å². The first kappa shape index (κ1) is 42.5. The van der Waals surface area contributed by atoms with E-state index in [2.05, 4.69) is 197 Å². The molecule has 0 heterocycles. The minimum Gasteiger partial charge on any atom is -0.310 e. The highest BCUT2D eigenvalue weighted by Crippen LogP contribution is 2.56. The second kappa shape index (κ2) is 17.3. The summed E-state index contributed by atoms with van der Waals surface area (Å²) in [5.41, 5.74) is 24.9. The number of hydrogen-bond donors (Lipinski definition) is 0. The van der Waals surface area contributed by atoms with Crippen molar-refractivity contribution in [3.05, 3.63) is 225 Å². The molecule has 312 valence electrons. The maximum Gasteiger partial charge on any atom is 0.0465 e. The van der Waals surface area contributed by atoms with Crippen molar-refractivity contribution in [3.63, 3.8) is 0 Å². The average Bonchev–Trinajstić information content (AvgIpc) is 3.86. The molecule has 0 atom stereocenters. The predicted molar refractivity (Wildman–Crippen MR) is 271 cm³/mol. The molecule has 0 fully saturated rings. The number of nitrogens with zero attached hydrogens (tertiary/aromatic N) is 1. The van der Waals surface area contributed by atoms with Crippen LogP contribution in [-0.2, 0) is 23.7 Å². The second-order valence-electron chi connectivity index (χ2n) is 17.6. The Balaban J connectivity index is 0.00000129. The zero-order valence-corrected chi connectivity index (χ0v) is 38.5. The van der Waals surface area contributed by atoms with Crippen molar-refractivity contribution in [1.82, 2.24) is 0 Å². The molecule has 0 aliphatic heterocycles. The molecule has 5 aromatic rings. The Hall–Kier alpha value is -6.18. The average molecular weight is 810 g/mol. The number of rotatable bonds is 6. The van der Waals surface area contributed by atoms with Gasteiger partial charge in [-0.1, -0.05) is 189 Å². The molecule has 0 saturated heterocycles. The smallest absolute Gasteiger partial charge is 0.0465 e. The van der Waals surface area contributed by atoms with Gasteiger partial charge in [0.2, 0.25) is 0 Å². The van der Waals surface area contributed by atoms with Crippen LogP contribution in [0.5, 0.6) is 0 Å². The maximum absolute atomic E-state index is 4.77. The van der Waals surface area contributed by atoms with E-state index in [1.807, 2.05) is 27.7 Å². The Morgan fingerprint density at radius 3 is 2.06 bits per heavy atom.